The zero-order valence-electron chi connectivity index (χ0n) is 49.8. The molecule has 32 atom stereocenters. The van der Waals surface area contributed by atoms with Crippen LogP contribution in [0.3, 0.4) is 0 Å². The van der Waals surface area contributed by atoms with Gasteiger partial charge in [0.05, 0.1) is 44.1 Å². The Labute approximate surface area is 494 Å². The Morgan fingerprint density at radius 2 is 1.09 bits per heavy atom. The molecular formula is C59H96O26. The maximum absolute atomic E-state index is 15.2. The van der Waals surface area contributed by atoms with Gasteiger partial charge in [0.2, 0.25) is 6.29 Å². The molecule has 26 nitrogen and oxygen atoms in total. The molecule has 0 unspecified atom stereocenters. The van der Waals surface area contributed by atoms with Crippen molar-refractivity contribution in [2.75, 3.05) is 26.4 Å². The molecule has 15 N–H and O–H groups in total. The molecular weight excluding hydrogens is 1120 g/mol. The van der Waals surface area contributed by atoms with Gasteiger partial charge in [0.15, 0.2) is 25.2 Å². The first-order chi connectivity index (χ1) is 39.8. The van der Waals surface area contributed by atoms with Crippen LogP contribution in [-0.4, -0.2) is 263 Å². The molecule has 0 aromatic rings. The number of allylic oxidation sites excluding steroid dienone is 2. The number of hydrogen-bond donors (Lipinski definition) is 15. The highest BCUT2D eigenvalue weighted by atomic mass is 16.8. The van der Waals surface area contributed by atoms with Gasteiger partial charge in [-0.25, -0.2) is 0 Å². The standard InChI is InChI=1S/C59H96O26/c1-24-34(63)38(67)43(72)49(78-24)84-47-46(83-50-44(73)40(69)36(65)29(21-61)80-50)27(62)22-76-52(47)82-33-12-13-56(6)31(55(33,4)5)11-14-58(8)32(56)10-9-25-26-19-54(2,3)15-17-59(26,18-16-57(25,58)7)53(75)85-51-45(74)41(70)37(66)30(81-51)23-77-48-42(71)39(68)35(64)28(20-60)79-48/h9,24,26-52,60-74H,10-23H2,1-8H3/t24-,26-,27+,28+,29+,30+,31-,32+,33-,34-,35+,36-,37+,38+,39-,40-,41-,42+,43+,44+,45+,46+,47-,48+,49-,50-,51-,52+,56-,57+,58+,59-/m0/s1. The Bertz CT molecular complexity index is 2360. The van der Waals surface area contributed by atoms with E-state index < -0.39 is 190 Å². The fraction of sp³-hybridized carbons (Fsp3) is 0.949. The van der Waals surface area contributed by atoms with Crippen LogP contribution in [0.4, 0.5) is 0 Å². The summed E-state index contributed by atoms with van der Waals surface area (Å²) in [7, 11) is 0. The molecule has 5 saturated heterocycles. The van der Waals surface area contributed by atoms with Crippen molar-refractivity contribution in [2.24, 2.45) is 50.2 Å². The van der Waals surface area contributed by atoms with Crippen LogP contribution in [0, 0.1) is 50.2 Å². The molecule has 0 spiro atoms. The zero-order valence-corrected chi connectivity index (χ0v) is 49.8. The lowest BCUT2D eigenvalue weighted by molar-refractivity contribution is -0.388. The predicted octanol–water partition coefficient (Wildman–Crippen LogP) is -2.54. The maximum atomic E-state index is 15.2. The van der Waals surface area contributed by atoms with Gasteiger partial charge in [-0.2, -0.15) is 0 Å². The van der Waals surface area contributed by atoms with E-state index in [1.54, 1.807) is 0 Å². The van der Waals surface area contributed by atoms with Gasteiger partial charge in [-0.3, -0.25) is 4.79 Å². The van der Waals surface area contributed by atoms with Crippen molar-refractivity contribution in [3.8, 4) is 0 Å². The summed E-state index contributed by atoms with van der Waals surface area (Å²) in [5.41, 5.74) is -1.41. The number of aliphatic hydroxyl groups is 15. The Kier molecular flexibility index (Phi) is 19.0. The lowest BCUT2D eigenvalue weighted by atomic mass is 9.33. The molecule has 85 heavy (non-hydrogen) atoms. The van der Waals surface area contributed by atoms with E-state index in [0.29, 0.717) is 38.5 Å². The third-order valence-corrected chi connectivity index (χ3v) is 23.1. The fourth-order valence-electron chi connectivity index (χ4n) is 17.6. The van der Waals surface area contributed by atoms with Gasteiger partial charge in [-0.15, -0.1) is 0 Å². The third-order valence-electron chi connectivity index (χ3n) is 23.1. The van der Waals surface area contributed by atoms with Gasteiger partial charge in [0, 0.05) is 0 Å². The second-order valence-corrected chi connectivity index (χ2v) is 28.7. The molecule has 0 bridgehead atoms. The lowest BCUT2D eigenvalue weighted by Crippen LogP contribution is -2.67. The molecule has 5 aliphatic carbocycles. The van der Waals surface area contributed by atoms with Gasteiger partial charge in [0.25, 0.3) is 0 Å². The minimum Gasteiger partial charge on any atom is -0.432 e. The first kappa shape index (κ1) is 66.2. The molecule has 0 aromatic heterocycles. The molecule has 4 saturated carbocycles. The summed E-state index contributed by atoms with van der Waals surface area (Å²) >= 11 is 0. The molecule has 0 radical (unpaired) electrons. The van der Waals surface area contributed by atoms with Crippen molar-refractivity contribution in [3.63, 3.8) is 0 Å². The average molecular weight is 1220 g/mol. The van der Waals surface area contributed by atoms with E-state index in [4.69, 9.17) is 47.4 Å². The van der Waals surface area contributed by atoms with Crippen molar-refractivity contribution >= 4 is 5.97 Å². The Morgan fingerprint density at radius 3 is 1.73 bits per heavy atom. The predicted molar refractivity (Wildman–Crippen MR) is 288 cm³/mol. The lowest BCUT2D eigenvalue weighted by Gasteiger charge is -2.71. The Hall–Kier alpha value is -1.75. The van der Waals surface area contributed by atoms with Gasteiger partial charge in [-0.05, 0) is 116 Å². The summed E-state index contributed by atoms with van der Waals surface area (Å²) in [6.45, 7) is 15.0. The van der Waals surface area contributed by atoms with E-state index in [1.165, 1.54) is 12.5 Å². The highest BCUT2D eigenvalue weighted by molar-refractivity contribution is 5.79. The number of ether oxygens (including phenoxy) is 10. The second kappa shape index (κ2) is 24.4. The quantitative estimate of drug-likeness (QED) is 0.0513. The average Bonchev–Trinajstić information content (AvgIpc) is 0.700. The van der Waals surface area contributed by atoms with Crippen LogP contribution in [0.1, 0.15) is 120 Å². The van der Waals surface area contributed by atoms with E-state index in [0.717, 1.165) is 25.7 Å². The van der Waals surface area contributed by atoms with Gasteiger partial charge < -0.3 is 124 Å². The summed E-state index contributed by atoms with van der Waals surface area (Å²) in [6, 6.07) is 0. The second-order valence-electron chi connectivity index (χ2n) is 28.7. The molecule has 10 aliphatic rings. The molecule has 5 aliphatic heterocycles. The van der Waals surface area contributed by atoms with Crippen LogP contribution in [0.25, 0.3) is 0 Å². The van der Waals surface area contributed by atoms with Crippen LogP contribution in [0.15, 0.2) is 11.6 Å². The molecule has 26 heteroatoms. The molecule has 488 valence electrons. The first-order valence-electron chi connectivity index (χ1n) is 30.6. The topological polar surface area (TPSA) is 413 Å². The first-order valence-corrected chi connectivity index (χ1v) is 30.6. The maximum Gasteiger partial charge on any atom is 0.315 e. The van der Waals surface area contributed by atoms with Crippen molar-refractivity contribution in [1.82, 2.24) is 0 Å². The van der Waals surface area contributed by atoms with Gasteiger partial charge in [0.1, 0.15) is 110 Å². The van der Waals surface area contributed by atoms with E-state index in [9.17, 15) is 76.6 Å². The zero-order chi connectivity index (χ0) is 62.0. The Morgan fingerprint density at radius 1 is 0.553 bits per heavy atom. The van der Waals surface area contributed by atoms with E-state index in [2.05, 4.69) is 54.5 Å². The number of aliphatic hydroxyl groups excluding tert-OH is 15. The number of carbonyl (C=O) groups is 1. The Balaban J connectivity index is 0.875. The summed E-state index contributed by atoms with van der Waals surface area (Å²) in [4.78, 5) is 15.2. The van der Waals surface area contributed by atoms with Gasteiger partial charge >= 0.3 is 5.97 Å². The van der Waals surface area contributed by atoms with Crippen molar-refractivity contribution in [3.05, 3.63) is 11.6 Å². The third kappa shape index (κ3) is 11.2. The molecule has 0 amide bonds. The monoisotopic (exact) mass is 1220 g/mol. The van der Waals surface area contributed by atoms with Crippen molar-refractivity contribution in [2.45, 2.75) is 273 Å². The summed E-state index contributed by atoms with van der Waals surface area (Å²) < 4.78 is 60.6. The molecule has 9 fully saturated rings. The van der Waals surface area contributed by atoms with Crippen molar-refractivity contribution in [1.29, 1.82) is 0 Å². The normalized spacial score (nSPS) is 54.1. The van der Waals surface area contributed by atoms with Gasteiger partial charge in [-0.1, -0.05) is 60.1 Å². The number of carbonyl (C=O) groups excluding carboxylic acids is 1. The number of hydrogen-bond acceptors (Lipinski definition) is 26. The highest BCUT2D eigenvalue weighted by Crippen LogP contribution is 2.76. The minimum atomic E-state index is -1.85. The van der Waals surface area contributed by atoms with Crippen LogP contribution in [-0.2, 0) is 52.2 Å². The van der Waals surface area contributed by atoms with Crippen LogP contribution in [0.5, 0.6) is 0 Å². The van der Waals surface area contributed by atoms with Crippen LogP contribution >= 0.6 is 0 Å². The van der Waals surface area contributed by atoms with Crippen LogP contribution in [0.2, 0.25) is 0 Å². The minimum absolute atomic E-state index is 0.0829. The smallest absolute Gasteiger partial charge is 0.315 e. The molecule has 0 aromatic carbocycles. The summed E-state index contributed by atoms with van der Waals surface area (Å²) in [5, 5.41) is 160. The fourth-order valence-corrected chi connectivity index (χ4v) is 17.6. The summed E-state index contributed by atoms with van der Waals surface area (Å²) in [6.07, 6.45) is -29.9. The van der Waals surface area contributed by atoms with E-state index in [-0.39, 0.29) is 46.0 Å². The van der Waals surface area contributed by atoms with E-state index >= 15 is 4.79 Å². The van der Waals surface area contributed by atoms with Crippen LogP contribution < -0.4 is 0 Å². The number of fused-ring (bicyclic) bond motifs is 7. The van der Waals surface area contributed by atoms with Crippen molar-refractivity contribution < 1.29 is 129 Å². The highest BCUT2D eigenvalue weighted by Gasteiger charge is 2.70. The number of rotatable bonds is 13. The van der Waals surface area contributed by atoms with E-state index in [1.807, 2.05) is 0 Å². The summed E-state index contributed by atoms with van der Waals surface area (Å²) in [5.74, 6) is -0.599. The largest absolute Gasteiger partial charge is 0.432 e. The SMILES string of the molecule is C[C@@H]1O[C@@H](O[C@@H]2[C@@H](O[C@H]3CC[C@]4(C)[C@H]5CC=C6[C@@H]7CC(C)(C)CC[C@]7(C(=O)O[C@@H]7O[C@H](CO[C@@H]8O[C@H](CO)[C@@H](O)[C@H](O)[C@H]8O)[C@@H](O)[C@H](O)[C@H]7O)CC[C@@]6(C)[C@]5(C)CC[C@H]4C3(C)C)OC[C@@H](O)[C@H]2O[C@@H]2O[C@H](CO)[C@H](O)[C@H](O)[C@H]2O)[C@H](O)[C@H](O)[C@H]1O. The number of esters is 1. The molecule has 5 heterocycles. The molecule has 10 rings (SSSR count).